The van der Waals surface area contributed by atoms with E-state index in [1.165, 1.54) is 0 Å². The zero-order chi connectivity index (χ0) is 17.4. The summed E-state index contributed by atoms with van der Waals surface area (Å²) in [6.07, 6.45) is 1.77. The normalized spacial score (nSPS) is 12.0. The number of ether oxygens (including phenoxy) is 2. The van der Waals surface area contributed by atoms with Crippen LogP contribution in [0.3, 0.4) is 0 Å². The van der Waals surface area contributed by atoms with Gasteiger partial charge in [0.05, 0.1) is 18.2 Å². The van der Waals surface area contributed by atoms with Crippen molar-refractivity contribution >= 4 is 11.6 Å². The number of benzene rings is 2. The van der Waals surface area contributed by atoms with Gasteiger partial charge in [0.25, 0.3) is 0 Å². The zero-order valence-electron chi connectivity index (χ0n) is 14.4. The minimum Gasteiger partial charge on any atom is -0.494 e. The number of hydrogen-bond donors (Lipinski definition) is 1. The van der Waals surface area contributed by atoms with Crippen LogP contribution in [0.4, 0.5) is 0 Å². The van der Waals surface area contributed by atoms with Crippen molar-refractivity contribution < 1.29 is 9.47 Å². The van der Waals surface area contributed by atoms with Crippen molar-refractivity contribution in [2.45, 2.75) is 32.6 Å². The quantitative estimate of drug-likeness (QED) is 0.707. The average Bonchev–Trinajstić information content (AvgIpc) is 2.60. The highest BCUT2D eigenvalue weighted by molar-refractivity contribution is 6.32. The van der Waals surface area contributed by atoms with Gasteiger partial charge in [0.15, 0.2) is 0 Å². The Bertz CT molecular complexity index is 645. The molecule has 0 fully saturated rings. The van der Waals surface area contributed by atoms with E-state index in [1.54, 1.807) is 0 Å². The van der Waals surface area contributed by atoms with Crippen LogP contribution in [-0.2, 0) is 6.42 Å². The number of nitrogens with two attached hydrogens (primary N) is 1. The molecule has 0 aromatic heterocycles. The van der Waals surface area contributed by atoms with Crippen molar-refractivity contribution in [3.05, 3.63) is 58.6 Å². The maximum Gasteiger partial charge on any atom is 0.137 e. The van der Waals surface area contributed by atoms with Gasteiger partial charge >= 0.3 is 0 Å². The molecule has 0 spiro atoms. The van der Waals surface area contributed by atoms with Crippen LogP contribution in [-0.4, -0.2) is 19.8 Å². The number of para-hydroxylation sites is 1. The Kier molecular flexibility index (Phi) is 7.41. The molecule has 0 bridgehead atoms. The second kappa shape index (κ2) is 9.55. The summed E-state index contributed by atoms with van der Waals surface area (Å²) in [5.74, 6) is 1.83. The molecule has 0 saturated heterocycles. The Hall–Kier alpha value is -1.71. The molecule has 1 unspecified atom stereocenters. The monoisotopic (exact) mass is 347 g/mol. The Morgan fingerprint density at radius 1 is 1.04 bits per heavy atom. The van der Waals surface area contributed by atoms with Crippen LogP contribution in [0.15, 0.2) is 42.5 Å². The zero-order valence-corrected chi connectivity index (χ0v) is 15.2. The molecule has 0 heterocycles. The predicted molar refractivity (Wildman–Crippen MR) is 100 cm³/mol. The van der Waals surface area contributed by atoms with Crippen molar-refractivity contribution in [2.24, 2.45) is 5.73 Å². The minimum atomic E-state index is 0.186. The van der Waals surface area contributed by atoms with Crippen LogP contribution in [0.25, 0.3) is 0 Å². The maximum absolute atomic E-state index is 6.34. The summed E-state index contributed by atoms with van der Waals surface area (Å²) in [4.78, 5) is 0. The summed E-state index contributed by atoms with van der Waals surface area (Å²) in [5, 5.41) is 0.648. The van der Waals surface area contributed by atoms with Crippen molar-refractivity contribution in [1.29, 1.82) is 0 Å². The summed E-state index contributed by atoms with van der Waals surface area (Å²) in [7, 11) is 0. The topological polar surface area (TPSA) is 44.5 Å². The molecule has 2 N–H and O–H groups in total. The minimum absolute atomic E-state index is 0.186. The van der Waals surface area contributed by atoms with Crippen LogP contribution in [0, 0.1) is 0 Å². The first-order valence-corrected chi connectivity index (χ1v) is 8.90. The van der Waals surface area contributed by atoms with Crippen molar-refractivity contribution in [3.8, 4) is 11.5 Å². The third kappa shape index (κ3) is 4.89. The Morgan fingerprint density at radius 3 is 2.50 bits per heavy atom. The van der Waals surface area contributed by atoms with Gasteiger partial charge in [-0.05, 0) is 55.6 Å². The van der Waals surface area contributed by atoms with Crippen LogP contribution in [0.5, 0.6) is 11.5 Å². The van der Waals surface area contributed by atoms with Gasteiger partial charge < -0.3 is 15.2 Å². The van der Waals surface area contributed by atoms with Gasteiger partial charge in [0, 0.05) is 5.92 Å². The molecular formula is C20H26ClNO2. The van der Waals surface area contributed by atoms with Crippen LogP contribution in [0.1, 0.15) is 37.3 Å². The lowest BCUT2D eigenvalue weighted by Crippen LogP contribution is -2.16. The van der Waals surface area contributed by atoms with E-state index < -0.39 is 0 Å². The lowest BCUT2D eigenvalue weighted by molar-refractivity contribution is 0.317. The molecule has 3 nitrogen and oxygen atoms in total. The van der Waals surface area contributed by atoms with Crippen LogP contribution >= 0.6 is 11.6 Å². The SMILES string of the molecule is CCCOc1ccc(CC(CN)c2ccccc2OCC)cc1Cl. The van der Waals surface area contributed by atoms with Crippen LogP contribution < -0.4 is 15.2 Å². The summed E-state index contributed by atoms with van der Waals surface area (Å²) in [6, 6.07) is 14.1. The Morgan fingerprint density at radius 2 is 1.83 bits per heavy atom. The Labute approximate surface area is 149 Å². The van der Waals surface area contributed by atoms with E-state index in [1.807, 2.05) is 37.3 Å². The highest BCUT2D eigenvalue weighted by Crippen LogP contribution is 2.31. The number of hydrogen-bond acceptors (Lipinski definition) is 3. The molecule has 0 aliphatic heterocycles. The fourth-order valence-electron chi connectivity index (χ4n) is 2.71. The fraction of sp³-hybridized carbons (Fsp3) is 0.400. The first-order chi connectivity index (χ1) is 11.7. The molecule has 0 saturated carbocycles. The van der Waals surface area contributed by atoms with Crippen LogP contribution in [0.2, 0.25) is 5.02 Å². The van der Waals surface area contributed by atoms with Gasteiger partial charge in [-0.3, -0.25) is 0 Å². The number of rotatable bonds is 9. The molecule has 2 aromatic carbocycles. The maximum atomic E-state index is 6.34. The smallest absolute Gasteiger partial charge is 0.137 e. The molecule has 2 aromatic rings. The molecule has 0 amide bonds. The Balaban J connectivity index is 2.17. The lowest BCUT2D eigenvalue weighted by atomic mass is 9.91. The van der Waals surface area contributed by atoms with Gasteiger partial charge in [0.1, 0.15) is 11.5 Å². The first-order valence-electron chi connectivity index (χ1n) is 8.52. The molecule has 0 aliphatic carbocycles. The average molecular weight is 348 g/mol. The van der Waals surface area contributed by atoms with Crippen molar-refractivity contribution in [3.63, 3.8) is 0 Å². The summed E-state index contributed by atoms with van der Waals surface area (Å²) >= 11 is 6.34. The molecule has 1 atom stereocenters. The highest BCUT2D eigenvalue weighted by atomic mass is 35.5. The van der Waals surface area contributed by atoms with E-state index in [9.17, 15) is 0 Å². The second-order valence-corrected chi connectivity index (χ2v) is 6.13. The van der Waals surface area contributed by atoms with Gasteiger partial charge in [-0.25, -0.2) is 0 Å². The molecular weight excluding hydrogens is 322 g/mol. The molecule has 0 radical (unpaired) electrons. The molecule has 130 valence electrons. The van der Waals surface area contributed by atoms with E-state index in [4.69, 9.17) is 26.8 Å². The number of halogens is 1. The summed E-state index contributed by atoms with van der Waals surface area (Å²) in [6.45, 7) is 5.93. The van der Waals surface area contributed by atoms with Gasteiger partial charge in [-0.1, -0.05) is 42.8 Å². The van der Waals surface area contributed by atoms with E-state index in [-0.39, 0.29) is 5.92 Å². The van der Waals surface area contributed by atoms with E-state index >= 15 is 0 Å². The molecule has 0 aliphatic rings. The van der Waals surface area contributed by atoms with E-state index in [2.05, 4.69) is 19.1 Å². The molecule has 24 heavy (non-hydrogen) atoms. The van der Waals surface area contributed by atoms with Crippen molar-refractivity contribution in [2.75, 3.05) is 19.8 Å². The highest BCUT2D eigenvalue weighted by Gasteiger charge is 2.16. The third-order valence-corrected chi connectivity index (χ3v) is 4.18. The van der Waals surface area contributed by atoms with Gasteiger partial charge in [0.2, 0.25) is 0 Å². The third-order valence-electron chi connectivity index (χ3n) is 3.88. The van der Waals surface area contributed by atoms with E-state index in [0.29, 0.717) is 24.8 Å². The lowest BCUT2D eigenvalue weighted by Gasteiger charge is -2.19. The van der Waals surface area contributed by atoms with Gasteiger partial charge in [-0.15, -0.1) is 0 Å². The standard InChI is InChI=1S/C20H26ClNO2/c1-3-11-24-20-10-9-15(13-18(20)21)12-16(14-22)17-7-5-6-8-19(17)23-4-2/h5-10,13,16H,3-4,11-12,14,22H2,1-2H3. The van der Waals surface area contributed by atoms with Crippen molar-refractivity contribution in [1.82, 2.24) is 0 Å². The van der Waals surface area contributed by atoms with E-state index in [0.717, 1.165) is 35.5 Å². The van der Waals surface area contributed by atoms with Gasteiger partial charge in [-0.2, -0.15) is 0 Å². The first kappa shape index (κ1) is 18.6. The largest absolute Gasteiger partial charge is 0.494 e. The fourth-order valence-corrected chi connectivity index (χ4v) is 2.97. The summed E-state index contributed by atoms with van der Waals surface area (Å²) in [5.41, 5.74) is 8.33. The molecule has 2 rings (SSSR count). The second-order valence-electron chi connectivity index (χ2n) is 5.72. The predicted octanol–water partition coefficient (Wildman–Crippen LogP) is 4.81. The molecule has 4 heteroatoms. The summed E-state index contributed by atoms with van der Waals surface area (Å²) < 4.78 is 11.4.